The predicted molar refractivity (Wildman–Crippen MR) is 90.7 cm³/mol. The number of nitrogens with one attached hydrogen (secondary N) is 1. The number of rotatable bonds is 4. The largest absolute Gasteiger partial charge is 0.308 e. The first-order valence-corrected chi connectivity index (χ1v) is 8.25. The topological polar surface area (TPSA) is 77.6 Å². The number of halogens is 2. The number of anilines is 1. The Morgan fingerprint density at radius 3 is 2.50 bits per heavy atom. The van der Waals surface area contributed by atoms with Crippen LogP contribution >= 0.6 is 11.3 Å². The van der Waals surface area contributed by atoms with Gasteiger partial charge in [0.2, 0.25) is 5.13 Å². The third-order valence-corrected chi connectivity index (χ3v) is 4.12. The number of amides is 1. The Balaban J connectivity index is 1.83. The molecular weight excluding hydrogens is 362 g/mol. The lowest BCUT2D eigenvalue weighted by Gasteiger charge is -2.11. The predicted octanol–water partition coefficient (Wildman–Crippen LogP) is 3.05. The maximum atomic E-state index is 13.6. The van der Waals surface area contributed by atoms with E-state index in [1.807, 2.05) is 0 Å². The van der Waals surface area contributed by atoms with Crippen molar-refractivity contribution in [1.29, 1.82) is 0 Å². The third-order valence-electron chi connectivity index (χ3n) is 3.51. The molecule has 0 aliphatic carbocycles. The summed E-state index contributed by atoms with van der Waals surface area (Å²) in [6, 6.07) is 6.56. The molecule has 0 radical (unpaired) electrons. The van der Waals surface area contributed by atoms with Crippen molar-refractivity contribution in [1.82, 2.24) is 24.5 Å². The zero-order chi connectivity index (χ0) is 18.1. The summed E-state index contributed by atoms with van der Waals surface area (Å²) in [5.74, 6) is -1.61. The molecule has 1 N–H and O–H groups in total. The fraction of sp³-hybridized carbons (Fsp3) is 0. The molecule has 0 fully saturated rings. The van der Waals surface area contributed by atoms with E-state index in [1.165, 1.54) is 27.7 Å². The SMILES string of the molecule is O=C(Nc1nncs1)c1cnn(-c2cc(F)cc(F)c2)c1-n1cccc1. The summed E-state index contributed by atoms with van der Waals surface area (Å²) < 4.78 is 30.2. The molecule has 10 heteroatoms. The van der Waals surface area contributed by atoms with Gasteiger partial charge in [-0.1, -0.05) is 11.3 Å². The zero-order valence-electron chi connectivity index (χ0n) is 13.0. The monoisotopic (exact) mass is 372 g/mol. The van der Waals surface area contributed by atoms with Crippen LogP contribution in [0.15, 0.2) is 54.4 Å². The molecule has 0 spiro atoms. The van der Waals surface area contributed by atoms with Gasteiger partial charge in [-0.15, -0.1) is 10.2 Å². The van der Waals surface area contributed by atoms with Gasteiger partial charge in [-0.2, -0.15) is 5.10 Å². The number of hydrogen-bond acceptors (Lipinski definition) is 5. The number of hydrogen-bond donors (Lipinski definition) is 1. The Hall–Kier alpha value is -3.40. The fourth-order valence-corrected chi connectivity index (χ4v) is 2.91. The molecule has 0 aliphatic heterocycles. The van der Waals surface area contributed by atoms with Crippen LogP contribution in [0.2, 0.25) is 0 Å². The standard InChI is InChI=1S/C16H10F2N6OS/c17-10-5-11(18)7-12(6-10)24-15(23-3-1-2-4-23)13(8-20-24)14(25)21-16-22-19-9-26-16/h1-9H,(H,21,22,25). The van der Waals surface area contributed by atoms with Gasteiger partial charge in [0, 0.05) is 18.5 Å². The van der Waals surface area contributed by atoms with E-state index >= 15 is 0 Å². The van der Waals surface area contributed by atoms with Crippen molar-refractivity contribution in [2.45, 2.75) is 0 Å². The van der Waals surface area contributed by atoms with Crippen LogP contribution in [-0.4, -0.2) is 30.5 Å². The molecule has 0 unspecified atom stereocenters. The first kappa shape index (κ1) is 16.1. The molecule has 4 aromatic rings. The van der Waals surface area contributed by atoms with E-state index in [9.17, 15) is 13.6 Å². The van der Waals surface area contributed by atoms with Gasteiger partial charge >= 0.3 is 0 Å². The molecule has 0 saturated carbocycles. The molecule has 0 saturated heterocycles. The van der Waals surface area contributed by atoms with Crippen molar-refractivity contribution in [3.8, 4) is 11.5 Å². The van der Waals surface area contributed by atoms with E-state index in [-0.39, 0.29) is 11.3 Å². The molecule has 4 rings (SSSR count). The van der Waals surface area contributed by atoms with E-state index in [0.29, 0.717) is 10.9 Å². The molecule has 3 aromatic heterocycles. The van der Waals surface area contributed by atoms with Gasteiger partial charge in [0.15, 0.2) is 5.82 Å². The summed E-state index contributed by atoms with van der Waals surface area (Å²) in [4.78, 5) is 12.6. The van der Waals surface area contributed by atoms with Crippen molar-refractivity contribution in [2.75, 3.05) is 5.32 Å². The number of benzene rings is 1. The lowest BCUT2D eigenvalue weighted by molar-refractivity contribution is 0.102. The van der Waals surface area contributed by atoms with Gasteiger partial charge in [0.1, 0.15) is 22.7 Å². The van der Waals surface area contributed by atoms with Gasteiger partial charge in [0.05, 0.1) is 11.9 Å². The van der Waals surface area contributed by atoms with E-state index < -0.39 is 17.5 Å². The Kier molecular flexibility index (Phi) is 4.01. The lowest BCUT2D eigenvalue weighted by Crippen LogP contribution is -2.15. The molecular formula is C16H10F2N6OS. The summed E-state index contributed by atoms with van der Waals surface area (Å²) in [6.07, 6.45) is 4.73. The highest BCUT2D eigenvalue weighted by Gasteiger charge is 2.21. The highest BCUT2D eigenvalue weighted by Crippen LogP contribution is 2.22. The van der Waals surface area contributed by atoms with Crippen molar-refractivity contribution < 1.29 is 13.6 Å². The van der Waals surface area contributed by atoms with Gasteiger partial charge in [-0.05, 0) is 24.3 Å². The van der Waals surface area contributed by atoms with E-state index in [1.54, 1.807) is 29.1 Å². The maximum absolute atomic E-state index is 13.6. The molecule has 26 heavy (non-hydrogen) atoms. The summed E-state index contributed by atoms with van der Waals surface area (Å²) in [6.45, 7) is 0. The summed E-state index contributed by atoms with van der Waals surface area (Å²) in [5, 5.41) is 14.5. The van der Waals surface area contributed by atoms with Gasteiger partial charge in [0.25, 0.3) is 5.91 Å². The van der Waals surface area contributed by atoms with E-state index in [4.69, 9.17) is 0 Å². The van der Waals surface area contributed by atoms with Gasteiger partial charge < -0.3 is 4.57 Å². The van der Waals surface area contributed by atoms with Crippen molar-refractivity contribution in [2.24, 2.45) is 0 Å². The minimum absolute atomic E-state index is 0.154. The van der Waals surface area contributed by atoms with Crippen LogP contribution in [0.3, 0.4) is 0 Å². The van der Waals surface area contributed by atoms with E-state index in [0.717, 1.165) is 18.2 Å². The Morgan fingerprint density at radius 2 is 1.85 bits per heavy atom. The van der Waals surface area contributed by atoms with Gasteiger partial charge in [-0.25, -0.2) is 13.5 Å². The Labute approximate surface area is 149 Å². The third kappa shape index (κ3) is 2.97. The molecule has 3 heterocycles. The lowest BCUT2D eigenvalue weighted by atomic mass is 10.2. The molecule has 0 aliphatic rings. The highest BCUT2D eigenvalue weighted by atomic mass is 32.1. The maximum Gasteiger partial charge on any atom is 0.262 e. The minimum Gasteiger partial charge on any atom is -0.308 e. The molecule has 0 atom stereocenters. The van der Waals surface area contributed by atoms with Crippen LogP contribution < -0.4 is 5.32 Å². The molecule has 0 bridgehead atoms. The first-order valence-electron chi connectivity index (χ1n) is 7.37. The van der Waals surface area contributed by atoms with Crippen molar-refractivity contribution in [3.63, 3.8) is 0 Å². The number of aromatic nitrogens is 5. The second-order valence-electron chi connectivity index (χ2n) is 5.21. The molecule has 1 amide bonds. The highest BCUT2D eigenvalue weighted by molar-refractivity contribution is 7.13. The number of carbonyl (C=O) groups is 1. The summed E-state index contributed by atoms with van der Waals surface area (Å²) in [7, 11) is 0. The Morgan fingerprint density at radius 1 is 1.12 bits per heavy atom. The summed E-state index contributed by atoms with van der Waals surface area (Å²) in [5.41, 5.74) is 1.85. The van der Waals surface area contributed by atoms with Crippen LogP contribution in [0.5, 0.6) is 0 Å². The molecule has 1 aromatic carbocycles. The van der Waals surface area contributed by atoms with Crippen LogP contribution in [0.4, 0.5) is 13.9 Å². The smallest absolute Gasteiger partial charge is 0.262 e. The first-order chi connectivity index (χ1) is 12.6. The fourth-order valence-electron chi connectivity index (χ4n) is 2.47. The quantitative estimate of drug-likeness (QED) is 0.597. The normalized spacial score (nSPS) is 10.8. The van der Waals surface area contributed by atoms with E-state index in [2.05, 4.69) is 20.6 Å². The average molecular weight is 372 g/mol. The minimum atomic E-state index is -0.742. The molecule has 7 nitrogen and oxygen atoms in total. The Bertz CT molecular complexity index is 1040. The van der Waals surface area contributed by atoms with Gasteiger partial charge in [-0.3, -0.25) is 10.1 Å². The average Bonchev–Trinajstić information content (AvgIpc) is 3.34. The zero-order valence-corrected chi connectivity index (χ0v) is 13.8. The van der Waals surface area contributed by atoms with Crippen LogP contribution in [0.25, 0.3) is 11.5 Å². The van der Waals surface area contributed by atoms with Crippen LogP contribution in [-0.2, 0) is 0 Å². The number of carbonyl (C=O) groups excluding carboxylic acids is 1. The summed E-state index contributed by atoms with van der Waals surface area (Å²) >= 11 is 1.17. The van der Waals surface area contributed by atoms with Crippen molar-refractivity contribution in [3.05, 3.63) is 71.6 Å². The van der Waals surface area contributed by atoms with Crippen LogP contribution in [0.1, 0.15) is 10.4 Å². The van der Waals surface area contributed by atoms with Crippen LogP contribution in [0, 0.1) is 11.6 Å². The molecule has 130 valence electrons. The number of nitrogens with zero attached hydrogens (tertiary/aromatic N) is 5. The van der Waals surface area contributed by atoms with Crippen molar-refractivity contribution >= 4 is 22.4 Å². The second-order valence-corrected chi connectivity index (χ2v) is 6.04. The second kappa shape index (κ2) is 6.48.